The van der Waals surface area contributed by atoms with Gasteiger partial charge in [-0.3, -0.25) is 4.79 Å². The Balaban J connectivity index is 1.70. The molecule has 0 bridgehead atoms. The van der Waals surface area contributed by atoms with E-state index in [1.807, 2.05) is 24.3 Å². The summed E-state index contributed by atoms with van der Waals surface area (Å²) in [6.45, 7) is -0.573. The van der Waals surface area contributed by atoms with Gasteiger partial charge in [0.2, 0.25) is 0 Å². The first kappa shape index (κ1) is 18.7. The summed E-state index contributed by atoms with van der Waals surface area (Å²) >= 11 is 5.66. The summed E-state index contributed by atoms with van der Waals surface area (Å²) in [5.74, 6) is -1.74. The third kappa shape index (κ3) is 4.35. The van der Waals surface area contributed by atoms with Crippen molar-refractivity contribution in [1.29, 1.82) is 0 Å². The molecular formula is C20H15ClFNO4. The Morgan fingerprint density at radius 2 is 1.78 bits per heavy atom. The minimum Gasteiger partial charge on any atom is -0.496 e. The van der Waals surface area contributed by atoms with E-state index in [0.29, 0.717) is 5.75 Å². The summed E-state index contributed by atoms with van der Waals surface area (Å²) in [5, 5.41) is 4.27. The number of fused-ring (bicyclic) bond motifs is 1. The largest absolute Gasteiger partial charge is 0.496 e. The molecule has 0 aromatic heterocycles. The molecule has 0 saturated carbocycles. The second kappa shape index (κ2) is 8.05. The Hall–Kier alpha value is -3.12. The molecule has 0 spiro atoms. The number of methoxy groups -OCH3 is 1. The van der Waals surface area contributed by atoms with Gasteiger partial charge in [-0.1, -0.05) is 35.9 Å². The average Bonchev–Trinajstić information content (AvgIpc) is 2.67. The van der Waals surface area contributed by atoms with E-state index < -0.39 is 24.3 Å². The number of esters is 1. The lowest BCUT2D eigenvalue weighted by atomic mass is 10.1. The minimum atomic E-state index is -0.718. The van der Waals surface area contributed by atoms with Gasteiger partial charge < -0.3 is 14.8 Å². The number of ether oxygens (including phenoxy) is 2. The van der Waals surface area contributed by atoms with Crippen LogP contribution in [0.25, 0.3) is 10.8 Å². The van der Waals surface area contributed by atoms with Crippen LogP contribution in [-0.2, 0) is 9.53 Å². The van der Waals surface area contributed by atoms with Crippen LogP contribution in [0, 0.1) is 5.82 Å². The fourth-order valence-corrected chi connectivity index (χ4v) is 2.69. The molecule has 5 nitrogen and oxygen atoms in total. The molecular weight excluding hydrogens is 373 g/mol. The second-order valence-corrected chi connectivity index (χ2v) is 6.08. The van der Waals surface area contributed by atoms with Crippen molar-refractivity contribution >= 4 is 39.9 Å². The number of rotatable bonds is 5. The van der Waals surface area contributed by atoms with Crippen LogP contribution in [0.4, 0.5) is 10.1 Å². The quantitative estimate of drug-likeness (QED) is 0.657. The number of halogens is 2. The van der Waals surface area contributed by atoms with E-state index in [2.05, 4.69) is 5.32 Å². The fraction of sp³-hybridized carbons (Fsp3) is 0.100. The van der Waals surface area contributed by atoms with E-state index in [-0.39, 0.29) is 16.3 Å². The molecule has 1 N–H and O–H groups in total. The van der Waals surface area contributed by atoms with Gasteiger partial charge in [0.15, 0.2) is 6.61 Å². The van der Waals surface area contributed by atoms with Crippen LogP contribution in [0.15, 0.2) is 54.6 Å². The third-order valence-corrected chi connectivity index (χ3v) is 4.06. The van der Waals surface area contributed by atoms with Gasteiger partial charge in [-0.15, -0.1) is 0 Å². The lowest BCUT2D eigenvalue weighted by Gasteiger charge is -2.11. The zero-order valence-electron chi connectivity index (χ0n) is 14.3. The number of carbonyl (C=O) groups is 2. The van der Waals surface area contributed by atoms with E-state index >= 15 is 0 Å². The highest BCUT2D eigenvalue weighted by Crippen LogP contribution is 2.26. The Labute approximate surface area is 159 Å². The molecule has 0 radical (unpaired) electrons. The standard InChI is InChI=1S/C20H15ClFNO4/c1-26-18-9-13-5-3-2-4-12(13)8-15(18)20(25)27-11-19(24)23-17-7-6-14(21)10-16(17)22/h2-10H,11H2,1H3,(H,23,24). The summed E-state index contributed by atoms with van der Waals surface area (Å²) in [6.07, 6.45) is 0. The Morgan fingerprint density at radius 1 is 1.07 bits per heavy atom. The van der Waals surface area contributed by atoms with Gasteiger partial charge in [-0.2, -0.15) is 0 Å². The highest BCUT2D eigenvalue weighted by atomic mass is 35.5. The molecule has 0 aliphatic rings. The summed E-state index contributed by atoms with van der Waals surface area (Å²) in [4.78, 5) is 24.3. The maximum Gasteiger partial charge on any atom is 0.342 e. The van der Waals surface area contributed by atoms with E-state index in [9.17, 15) is 14.0 Å². The van der Waals surface area contributed by atoms with Crippen LogP contribution in [0.3, 0.4) is 0 Å². The van der Waals surface area contributed by atoms with E-state index in [1.165, 1.54) is 19.2 Å². The number of anilines is 1. The first-order valence-corrected chi connectivity index (χ1v) is 8.34. The molecule has 0 unspecified atom stereocenters. The summed E-state index contributed by atoms with van der Waals surface area (Å²) in [7, 11) is 1.44. The van der Waals surface area contributed by atoms with Crippen LogP contribution in [0.1, 0.15) is 10.4 Å². The molecule has 3 rings (SSSR count). The highest BCUT2D eigenvalue weighted by Gasteiger charge is 2.17. The van der Waals surface area contributed by atoms with Gasteiger partial charge in [0.25, 0.3) is 5.91 Å². The number of benzene rings is 3. The number of hydrogen-bond acceptors (Lipinski definition) is 4. The van der Waals surface area contributed by atoms with Gasteiger partial charge in [-0.05, 0) is 41.1 Å². The summed E-state index contributed by atoms with van der Waals surface area (Å²) < 4.78 is 24.0. The number of carbonyl (C=O) groups excluding carboxylic acids is 2. The van der Waals surface area contributed by atoms with Crippen LogP contribution in [0.2, 0.25) is 5.02 Å². The molecule has 27 heavy (non-hydrogen) atoms. The number of amides is 1. The minimum absolute atomic E-state index is 0.0521. The Kier molecular flexibility index (Phi) is 5.57. The van der Waals surface area contributed by atoms with Gasteiger partial charge in [-0.25, -0.2) is 9.18 Å². The smallest absolute Gasteiger partial charge is 0.342 e. The zero-order valence-corrected chi connectivity index (χ0v) is 15.0. The SMILES string of the molecule is COc1cc2ccccc2cc1C(=O)OCC(=O)Nc1ccc(Cl)cc1F. The van der Waals surface area contributed by atoms with Crippen molar-refractivity contribution in [2.24, 2.45) is 0 Å². The van der Waals surface area contributed by atoms with Crippen LogP contribution < -0.4 is 10.1 Å². The first-order chi connectivity index (χ1) is 13.0. The Bertz CT molecular complexity index is 1020. The molecule has 1 amide bonds. The van der Waals surface area contributed by atoms with Crippen molar-refractivity contribution in [3.63, 3.8) is 0 Å². The van der Waals surface area contributed by atoms with Crippen molar-refractivity contribution in [1.82, 2.24) is 0 Å². The number of hydrogen-bond donors (Lipinski definition) is 1. The van der Waals surface area contributed by atoms with Gasteiger partial charge in [0.1, 0.15) is 17.1 Å². The van der Waals surface area contributed by atoms with Crippen molar-refractivity contribution in [3.05, 3.63) is 71.0 Å². The topological polar surface area (TPSA) is 64.6 Å². The number of nitrogens with one attached hydrogen (secondary N) is 1. The fourth-order valence-electron chi connectivity index (χ4n) is 2.53. The molecule has 0 saturated heterocycles. The van der Waals surface area contributed by atoms with Gasteiger partial charge >= 0.3 is 5.97 Å². The second-order valence-electron chi connectivity index (χ2n) is 5.65. The molecule has 138 valence electrons. The van der Waals surface area contributed by atoms with Crippen LogP contribution in [-0.4, -0.2) is 25.6 Å². The highest BCUT2D eigenvalue weighted by molar-refractivity contribution is 6.30. The molecule has 0 aliphatic heterocycles. The average molecular weight is 388 g/mol. The van der Waals surface area contributed by atoms with Crippen molar-refractivity contribution < 1.29 is 23.5 Å². The lowest BCUT2D eigenvalue weighted by molar-refractivity contribution is -0.119. The van der Waals surface area contributed by atoms with Crippen molar-refractivity contribution in [3.8, 4) is 5.75 Å². The lowest BCUT2D eigenvalue weighted by Crippen LogP contribution is -2.21. The predicted octanol–water partition coefficient (Wildman–Crippen LogP) is 4.44. The van der Waals surface area contributed by atoms with Crippen molar-refractivity contribution in [2.75, 3.05) is 19.0 Å². The van der Waals surface area contributed by atoms with E-state index in [1.54, 1.807) is 12.1 Å². The van der Waals surface area contributed by atoms with Gasteiger partial charge in [0, 0.05) is 5.02 Å². The van der Waals surface area contributed by atoms with E-state index in [4.69, 9.17) is 21.1 Å². The van der Waals surface area contributed by atoms with Gasteiger partial charge in [0.05, 0.1) is 12.8 Å². The zero-order chi connectivity index (χ0) is 19.4. The molecule has 0 heterocycles. The maximum atomic E-state index is 13.7. The van der Waals surface area contributed by atoms with Crippen molar-refractivity contribution in [2.45, 2.75) is 0 Å². The van der Waals surface area contributed by atoms with Crippen LogP contribution >= 0.6 is 11.6 Å². The first-order valence-electron chi connectivity index (χ1n) is 7.97. The van der Waals surface area contributed by atoms with Crippen LogP contribution in [0.5, 0.6) is 5.75 Å². The Morgan fingerprint density at radius 3 is 2.44 bits per heavy atom. The molecule has 3 aromatic rings. The molecule has 0 aliphatic carbocycles. The molecule has 0 atom stereocenters. The third-order valence-electron chi connectivity index (χ3n) is 3.83. The monoisotopic (exact) mass is 387 g/mol. The summed E-state index contributed by atoms with van der Waals surface area (Å²) in [5.41, 5.74) is 0.144. The molecule has 0 fully saturated rings. The molecule has 7 heteroatoms. The predicted molar refractivity (Wildman–Crippen MR) is 101 cm³/mol. The van der Waals surface area contributed by atoms with E-state index in [0.717, 1.165) is 16.8 Å². The maximum absolute atomic E-state index is 13.7. The normalized spacial score (nSPS) is 10.5. The summed E-state index contributed by atoms with van der Waals surface area (Å²) in [6, 6.07) is 14.6. The molecule has 3 aromatic carbocycles.